The summed E-state index contributed by atoms with van der Waals surface area (Å²) in [6.45, 7) is 15.1. The van der Waals surface area contributed by atoms with Crippen LogP contribution >= 0.6 is 24.0 Å². The minimum absolute atomic E-state index is 0. The van der Waals surface area contributed by atoms with Gasteiger partial charge in [0.15, 0.2) is 5.96 Å². The van der Waals surface area contributed by atoms with E-state index in [1.807, 2.05) is 7.05 Å². The molecule has 0 radical (unpaired) electrons. The first-order valence-electron chi connectivity index (χ1n) is 7.47. The third-order valence-corrected chi connectivity index (χ3v) is 2.86. The molecule has 0 saturated carbocycles. The molecule has 0 amide bonds. The largest absolute Gasteiger partial charge is 0.355 e. The highest BCUT2D eigenvalue weighted by Crippen LogP contribution is 2.06. The highest BCUT2D eigenvalue weighted by Gasteiger charge is 2.08. The molecule has 20 heavy (non-hydrogen) atoms. The fraction of sp³-hybridized carbons (Fsp3) is 0.933. The average Bonchev–Trinajstić information content (AvgIpc) is 2.29. The van der Waals surface area contributed by atoms with E-state index in [9.17, 15) is 0 Å². The Hall–Kier alpha value is -0.0400. The molecule has 0 bridgehead atoms. The van der Waals surface area contributed by atoms with E-state index in [2.05, 4.69) is 62.5 Å². The van der Waals surface area contributed by atoms with Gasteiger partial charge in [-0.3, -0.25) is 4.99 Å². The lowest BCUT2D eigenvalue weighted by Crippen LogP contribution is -2.46. The Labute approximate surface area is 143 Å². The quantitative estimate of drug-likeness (QED) is 0.268. The second-order valence-corrected chi connectivity index (χ2v) is 6.69. The maximum absolute atomic E-state index is 4.26. The summed E-state index contributed by atoms with van der Waals surface area (Å²) in [6, 6.07) is 0.462. The van der Waals surface area contributed by atoms with Crippen LogP contribution in [0.5, 0.6) is 0 Å². The highest BCUT2D eigenvalue weighted by molar-refractivity contribution is 14.0. The van der Waals surface area contributed by atoms with Gasteiger partial charge in [0.05, 0.1) is 0 Å². The van der Waals surface area contributed by atoms with Crippen molar-refractivity contribution < 1.29 is 0 Å². The topological polar surface area (TPSA) is 48.5 Å². The van der Waals surface area contributed by atoms with Gasteiger partial charge in [0, 0.05) is 31.7 Å². The second-order valence-electron chi connectivity index (χ2n) is 6.69. The smallest absolute Gasteiger partial charge is 0.191 e. The fourth-order valence-corrected chi connectivity index (χ4v) is 1.70. The molecular weight excluding hydrogens is 363 g/mol. The van der Waals surface area contributed by atoms with E-state index in [1.165, 1.54) is 12.8 Å². The minimum atomic E-state index is 0. The Kier molecular flexibility index (Phi) is 12.9. The summed E-state index contributed by atoms with van der Waals surface area (Å²) in [5.74, 6) is 1.65. The summed E-state index contributed by atoms with van der Waals surface area (Å²) in [5.41, 5.74) is 0.170. The van der Waals surface area contributed by atoms with Gasteiger partial charge >= 0.3 is 0 Å². The van der Waals surface area contributed by atoms with Crippen molar-refractivity contribution in [3.8, 4) is 0 Å². The van der Waals surface area contributed by atoms with Gasteiger partial charge in [0.25, 0.3) is 0 Å². The predicted octanol–water partition coefficient (Wildman–Crippen LogP) is 2.98. The van der Waals surface area contributed by atoms with Gasteiger partial charge in [-0.1, -0.05) is 13.8 Å². The minimum Gasteiger partial charge on any atom is -0.355 e. The van der Waals surface area contributed by atoms with E-state index in [0.29, 0.717) is 6.04 Å². The van der Waals surface area contributed by atoms with Gasteiger partial charge in [0.2, 0.25) is 0 Å². The van der Waals surface area contributed by atoms with Crippen molar-refractivity contribution in [2.45, 2.75) is 66.0 Å². The molecule has 0 heterocycles. The van der Waals surface area contributed by atoms with Crippen LogP contribution in [0.4, 0.5) is 0 Å². The van der Waals surface area contributed by atoms with E-state index in [4.69, 9.17) is 0 Å². The van der Waals surface area contributed by atoms with E-state index in [1.54, 1.807) is 0 Å². The van der Waals surface area contributed by atoms with Crippen molar-refractivity contribution in [1.82, 2.24) is 16.0 Å². The summed E-state index contributed by atoms with van der Waals surface area (Å²) < 4.78 is 0. The summed E-state index contributed by atoms with van der Waals surface area (Å²) in [7, 11) is 1.82. The number of hydrogen-bond donors (Lipinski definition) is 3. The zero-order valence-electron chi connectivity index (χ0n) is 14.3. The van der Waals surface area contributed by atoms with Gasteiger partial charge in [-0.15, -0.1) is 24.0 Å². The second kappa shape index (κ2) is 11.6. The van der Waals surface area contributed by atoms with Crippen LogP contribution in [0.1, 0.15) is 54.4 Å². The number of aliphatic imine (C=N–C) groups is 1. The van der Waals surface area contributed by atoms with Crippen LogP contribution in [0.3, 0.4) is 0 Å². The lowest BCUT2D eigenvalue weighted by atomic mass is 10.0. The number of hydrogen-bond acceptors (Lipinski definition) is 2. The van der Waals surface area contributed by atoms with E-state index in [-0.39, 0.29) is 29.5 Å². The van der Waals surface area contributed by atoms with Crippen LogP contribution in [0.25, 0.3) is 0 Å². The molecule has 0 aromatic carbocycles. The molecular formula is C15H35IN4. The lowest BCUT2D eigenvalue weighted by molar-refractivity contribution is 0.427. The lowest BCUT2D eigenvalue weighted by Gasteiger charge is -2.22. The average molecular weight is 398 g/mol. The molecule has 1 unspecified atom stereocenters. The molecule has 4 nitrogen and oxygen atoms in total. The number of nitrogens with one attached hydrogen (secondary N) is 3. The molecule has 0 aliphatic carbocycles. The van der Waals surface area contributed by atoms with Gasteiger partial charge in [-0.05, 0) is 46.5 Å². The molecule has 0 aliphatic heterocycles. The van der Waals surface area contributed by atoms with Crippen molar-refractivity contribution in [2.75, 3.05) is 20.1 Å². The maximum atomic E-state index is 4.26. The van der Waals surface area contributed by atoms with E-state index < -0.39 is 0 Å². The SMILES string of the molecule is CN=C(NCCNC(C)(C)C)NC(C)CCC(C)C.I. The van der Waals surface area contributed by atoms with E-state index in [0.717, 1.165) is 25.0 Å². The molecule has 3 N–H and O–H groups in total. The monoisotopic (exact) mass is 398 g/mol. The van der Waals surface area contributed by atoms with Gasteiger partial charge in [0.1, 0.15) is 0 Å². The molecule has 5 heteroatoms. The Morgan fingerprint density at radius 2 is 1.65 bits per heavy atom. The molecule has 0 aromatic heterocycles. The Bertz CT molecular complexity index is 259. The van der Waals surface area contributed by atoms with Crippen LogP contribution in [0.2, 0.25) is 0 Å². The van der Waals surface area contributed by atoms with Crippen LogP contribution in [-0.2, 0) is 0 Å². The normalized spacial score (nSPS) is 13.9. The fourth-order valence-electron chi connectivity index (χ4n) is 1.70. The Morgan fingerprint density at radius 1 is 1.05 bits per heavy atom. The predicted molar refractivity (Wildman–Crippen MR) is 101 cm³/mol. The summed E-state index contributed by atoms with van der Waals surface area (Å²) in [4.78, 5) is 4.26. The third-order valence-electron chi connectivity index (χ3n) is 2.86. The summed E-state index contributed by atoms with van der Waals surface area (Å²) >= 11 is 0. The summed E-state index contributed by atoms with van der Waals surface area (Å²) in [5, 5.41) is 10.2. The van der Waals surface area contributed by atoms with Gasteiger partial charge < -0.3 is 16.0 Å². The number of guanidine groups is 1. The third kappa shape index (κ3) is 14.4. The van der Waals surface area contributed by atoms with Crippen molar-refractivity contribution in [2.24, 2.45) is 10.9 Å². The number of halogens is 1. The number of nitrogens with zero attached hydrogens (tertiary/aromatic N) is 1. The Balaban J connectivity index is 0. The molecule has 0 saturated heterocycles. The van der Waals surface area contributed by atoms with Crippen LogP contribution < -0.4 is 16.0 Å². The molecule has 0 fully saturated rings. The zero-order valence-corrected chi connectivity index (χ0v) is 16.7. The molecule has 122 valence electrons. The van der Waals surface area contributed by atoms with Crippen LogP contribution in [0, 0.1) is 5.92 Å². The molecule has 0 rings (SSSR count). The van der Waals surface area contributed by atoms with Gasteiger partial charge in [-0.25, -0.2) is 0 Å². The van der Waals surface area contributed by atoms with Crippen molar-refractivity contribution >= 4 is 29.9 Å². The van der Waals surface area contributed by atoms with E-state index >= 15 is 0 Å². The molecule has 0 spiro atoms. The van der Waals surface area contributed by atoms with Crippen molar-refractivity contribution in [3.63, 3.8) is 0 Å². The zero-order chi connectivity index (χ0) is 14.9. The standard InChI is InChI=1S/C15H34N4.HI/c1-12(2)8-9-13(3)19-14(16-7)17-10-11-18-15(4,5)6;/h12-13,18H,8-11H2,1-7H3,(H2,16,17,19);1H. The first-order chi connectivity index (χ1) is 8.74. The van der Waals surface area contributed by atoms with Crippen LogP contribution in [0.15, 0.2) is 4.99 Å². The molecule has 0 aliphatic rings. The van der Waals surface area contributed by atoms with Crippen molar-refractivity contribution in [1.29, 1.82) is 0 Å². The maximum Gasteiger partial charge on any atom is 0.191 e. The van der Waals surface area contributed by atoms with Crippen molar-refractivity contribution in [3.05, 3.63) is 0 Å². The molecule has 1 atom stereocenters. The summed E-state index contributed by atoms with van der Waals surface area (Å²) in [6.07, 6.45) is 2.43. The first-order valence-corrected chi connectivity index (χ1v) is 7.47. The number of rotatable bonds is 7. The van der Waals surface area contributed by atoms with Gasteiger partial charge in [-0.2, -0.15) is 0 Å². The molecule has 0 aromatic rings. The van der Waals surface area contributed by atoms with Crippen LogP contribution in [-0.4, -0.2) is 37.7 Å². The highest BCUT2D eigenvalue weighted by atomic mass is 127. The first kappa shape index (κ1) is 22.2. The Morgan fingerprint density at radius 3 is 2.10 bits per heavy atom.